The van der Waals surface area contributed by atoms with E-state index in [4.69, 9.17) is 8.74 Å². The van der Waals surface area contributed by atoms with E-state index in [2.05, 4.69) is 13.8 Å². The molecule has 0 heterocycles. The number of carbonyl (C=O) groups excluding carboxylic acids is 1. The lowest BCUT2D eigenvalue weighted by Gasteiger charge is -2.59. The Morgan fingerprint density at radius 2 is 1.81 bits per heavy atom. The number of allylic oxidation sites excluding steroid dienone is 2. The second-order valence-electron chi connectivity index (χ2n) is 10.0. The van der Waals surface area contributed by atoms with Gasteiger partial charge in [-0.25, -0.2) is 0 Å². The molecule has 3 fully saturated rings. The van der Waals surface area contributed by atoms with Gasteiger partial charge in [0.05, 0.1) is 0 Å². The number of rotatable bonds is 3. The molecule has 4 rings (SSSR count). The first-order valence-electron chi connectivity index (χ1n) is 10.4. The molecule has 4 aliphatic carbocycles. The van der Waals surface area contributed by atoms with Crippen LogP contribution in [-0.2, 0) is 19.4 Å². The molecule has 0 aromatic carbocycles. The summed E-state index contributed by atoms with van der Waals surface area (Å²) in [6.07, 6.45) is 10.0. The summed E-state index contributed by atoms with van der Waals surface area (Å²) in [5.41, 5.74) is 0.324. The first-order valence-corrected chi connectivity index (χ1v) is 11.8. The maximum atomic E-state index is 12.2. The zero-order valence-corrected chi connectivity index (χ0v) is 17.4. The van der Waals surface area contributed by atoms with Crippen molar-refractivity contribution in [1.82, 2.24) is 0 Å². The monoisotopic (exact) mass is 396 g/mol. The molecule has 4 aliphatic rings. The lowest BCUT2D eigenvalue weighted by atomic mass is 9.45. The van der Waals surface area contributed by atoms with Crippen LogP contribution in [0.1, 0.15) is 72.1 Å². The zero-order chi connectivity index (χ0) is 19.6. The molecule has 0 bridgehead atoms. The Hall–Kier alpha value is -0.880. The van der Waals surface area contributed by atoms with Crippen molar-refractivity contribution in [2.75, 3.05) is 0 Å². The molecular weight excluding hydrogens is 364 g/mol. The van der Waals surface area contributed by atoms with Crippen molar-refractivity contribution in [3.63, 3.8) is 0 Å². The minimum absolute atomic E-state index is 0.157. The Morgan fingerprint density at radius 1 is 1.11 bits per heavy atom. The second kappa shape index (κ2) is 6.31. The maximum absolute atomic E-state index is 12.2. The highest BCUT2D eigenvalue weighted by Crippen LogP contribution is 2.67. The van der Waals surface area contributed by atoms with E-state index in [9.17, 15) is 13.2 Å². The summed E-state index contributed by atoms with van der Waals surface area (Å²) < 4.78 is 35.9. The van der Waals surface area contributed by atoms with Crippen molar-refractivity contribution in [1.29, 1.82) is 0 Å². The van der Waals surface area contributed by atoms with Crippen LogP contribution in [0.3, 0.4) is 0 Å². The Bertz CT molecular complexity index is 771. The van der Waals surface area contributed by atoms with Crippen LogP contribution in [0, 0.1) is 40.4 Å². The molecule has 0 radical (unpaired) electrons. The molecule has 1 unspecified atom stereocenters. The minimum Gasteiger partial charge on any atom is -0.367 e. The molecule has 27 heavy (non-hydrogen) atoms. The van der Waals surface area contributed by atoms with Gasteiger partial charge in [0.25, 0.3) is 0 Å². The predicted octanol–water partition coefficient (Wildman–Crippen LogP) is 4.55. The molecule has 7 atom stereocenters. The van der Waals surface area contributed by atoms with Crippen molar-refractivity contribution in [3.8, 4) is 0 Å². The molecule has 152 valence electrons. The average Bonchev–Trinajstić information content (AvgIpc) is 2.91. The van der Waals surface area contributed by atoms with Gasteiger partial charge in [-0.2, -0.15) is 8.42 Å². The molecule has 6 heteroatoms. The van der Waals surface area contributed by atoms with Gasteiger partial charge < -0.3 is 4.18 Å². The van der Waals surface area contributed by atoms with Crippen molar-refractivity contribution in [3.05, 3.63) is 11.8 Å². The van der Waals surface area contributed by atoms with Gasteiger partial charge in [0, 0.05) is 12.3 Å². The van der Waals surface area contributed by atoms with E-state index >= 15 is 0 Å². The van der Waals surface area contributed by atoms with Crippen molar-refractivity contribution in [2.24, 2.45) is 40.4 Å². The van der Waals surface area contributed by atoms with Crippen LogP contribution in [0.4, 0.5) is 0 Å². The zero-order valence-electron chi connectivity index (χ0n) is 16.6. The lowest BCUT2D eigenvalue weighted by molar-refractivity contribution is -0.131. The molecule has 0 aromatic heterocycles. The van der Waals surface area contributed by atoms with Gasteiger partial charge in [-0.1, -0.05) is 13.8 Å². The van der Waals surface area contributed by atoms with Crippen LogP contribution in [0.5, 0.6) is 0 Å². The third kappa shape index (κ3) is 3.07. The Morgan fingerprint density at radius 3 is 2.48 bits per heavy atom. The summed E-state index contributed by atoms with van der Waals surface area (Å²) in [7, 11) is -4.44. The summed E-state index contributed by atoms with van der Waals surface area (Å²) in [6, 6.07) is 0. The highest BCUT2D eigenvalue weighted by Gasteiger charge is 2.60. The largest absolute Gasteiger partial charge is 0.446 e. The van der Waals surface area contributed by atoms with Gasteiger partial charge in [-0.3, -0.25) is 9.35 Å². The third-order valence-corrected chi connectivity index (χ3v) is 9.41. The van der Waals surface area contributed by atoms with Crippen LogP contribution in [0.25, 0.3) is 0 Å². The fourth-order valence-corrected chi connectivity index (χ4v) is 8.13. The van der Waals surface area contributed by atoms with E-state index in [1.807, 2.05) is 6.08 Å². The maximum Gasteiger partial charge on any atom is 0.446 e. The first kappa shape index (κ1) is 19.4. The molecule has 3 saturated carbocycles. The topological polar surface area (TPSA) is 80.7 Å². The van der Waals surface area contributed by atoms with Crippen LogP contribution in [0.15, 0.2) is 11.8 Å². The number of ketones is 1. The molecule has 5 nitrogen and oxygen atoms in total. The predicted molar refractivity (Wildman–Crippen MR) is 102 cm³/mol. The molecule has 0 aromatic rings. The van der Waals surface area contributed by atoms with Gasteiger partial charge in [0.1, 0.15) is 11.5 Å². The van der Waals surface area contributed by atoms with E-state index in [0.29, 0.717) is 41.6 Å². The summed E-state index contributed by atoms with van der Waals surface area (Å²) in [6.45, 7) is 6.50. The van der Waals surface area contributed by atoms with Gasteiger partial charge in [-0.05, 0) is 92.4 Å². The number of hydrogen-bond acceptors (Lipinski definition) is 4. The summed E-state index contributed by atoms with van der Waals surface area (Å²) in [5.74, 6) is 3.34. The van der Waals surface area contributed by atoms with Gasteiger partial charge in [-0.15, -0.1) is 0 Å². The smallest absolute Gasteiger partial charge is 0.367 e. The molecule has 1 N–H and O–H groups in total. The molecule has 0 saturated heterocycles. The average molecular weight is 397 g/mol. The quantitative estimate of drug-likeness (QED) is 0.708. The molecule has 0 amide bonds. The number of fused-ring (bicyclic) bond motifs is 5. The summed E-state index contributed by atoms with van der Waals surface area (Å²) >= 11 is 0. The SMILES string of the molecule is CC(=O)[C@H]1CC[C@H]2[C@@H]3CCC4CC(OS(=O)(=O)O)=CC[C@]4(C)[C@H]3CC[C@]12C. The molecular formula is C21H32O5S. The van der Waals surface area contributed by atoms with Crippen LogP contribution >= 0.6 is 0 Å². The number of hydrogen-bond donors (Lipinski definition) is 1. The second-order valence-corrected chi connectivity index (χ2v) is 11.1. The van der Waals surface area contributed by atoms with Gasteiger partial charge in [0.2, 0.25) is 0 Å². The molecule has 0 aliphatic heterocycles. The highest BCUT2D eigenvalue weighted by atomic mass is 32.3. The van der Waals surface area contributed by atoms with Crippen molar-refractivity contribution in [2.45, 2.75) is 72.1 Å². The van der Waals surface area contributed by atoms with E-state index in [-0.39, 0.29) is 16.7 Å². The van der Waals surface area contributed by atoms with E-state index in [1.165, 1.54) is 6.42 Å². The van der Waals surface area contributed by atoms with E-state index in [0.717, 1.165) is 38.5 Å². The highest BCUT2D eigenvalue weighted by molar-refractivity contribution is 7.81. The lowest BCUT2D eigenvalue weighted by Crippen LogP contribution is -2.53. The standard InChI is InChI=1S/C21H32O5S/c1-13(22)17-6-7-18-16-5-4-14-12-15(26-27(23,24)25)8-10-20(14,2)19(16)9-11-21(17,18)3/h8,14,16-19H,4-7,9-12H2,1-3H3,(H,23,24,25)/t14?,16-,17+,18-,19-,20-,21+/m0/s1. The van der Waals surface area contributed by atoms with Gasteiger partial charge in [0.15, 0.2) is 0 Å². The third-order valence-electron chi connectivity index (χ3n) is 8.99. The fourth-order valence-electron chi connectivity index (χ4n) is 7.72. The van der Waals surface area contributed by atoms with Crippen molar-refractivity contribution >= 4 is 16.2 Å². The van der Waals surface area contributed by atoms with Crippen LogP contribution in [-0.4, -0.2) is 18.8 Å². The van der Waals surface area contributed by atoms with Crippen LogP contribution < -0.4 is 0 Å². The first-order chi connectivity index (χ1) is 12.5. The van der Waals surface area contributed by atoms with E-state index < -0.39 is 10.4 Å². The number of carbonyl (C=O) groups is 1. The van der Waals surface area contributed by atoms with Crippen LogP contribution in [0.2, 0.25) is 0 Å². The minimum atomic E-state index is -4.44. The Kier molecular flexibility index (Phi) is 4.54. The molecule has 0 spiro atoms. The Labute approximate surface area is 162 Å². The fraction of sp³-hybridized carbons (Fsp3) is 0.857. The Balaban J connectivity index is 1.58. The van der Waals surface area contributed by atoms with E-state index in [1.54, 1.807) is 6.92 Å². The summed E-state index contributed by atoms with van der Waals surface area (Å²) in [5, 5.41) is 0. The van der Waals surface area contributed by atoms with Gasteiger partial charge >= 0.3 is 10.4 Å². The van der Waals surface area contributed by atoms with Crippen molar-refractivity contribution < 1.29 is 21.9 Å². The normalized spacial score (nSPS) is 46.7. The summed E-state index contributed by atoms with van der Waals surface area (Å²) in [4.78, 5) is 12.2. The number of Topliss-reactive ketones (excluding diaryl/α,β-unsaturated/α-hetero) is 1.